The summed E-state index contributed by atoms with van der Waals surface area (Å²) in [6.07, 6.45) is 0. The van der Waals surface area contributed by atoms with Gasteiger partial charge in [0.15, 0.2) is 0 Å². The van der Waals surface area contributed by atoms with Crippen LogP contribution in [0.4, 0.5) is 11.4 Å². The summed E-state index contributed by atoms with van der Waals surface area (Å²) in [4.78, 5) is 14.0. The van der Waals surface area contributed by atoms with E-state index in [9.17, 15) is 4.79 Å². The standard InChI is InChI=1S/C15H12N2O/c18-15-9-6-11-10-13(7-8-14(11)17-15)16-12-4-2-1-3-5-12/h1-10,16H,(H,17,18). The Balaban J connectivity index is 1.99. The van der Waals surface area contributed by atoms with E-state index in [-0.39, 0.29) is 5.56 Å². The van der Waals surface area contributed by atoms with Crippen molar-refractivity contribution >= 4 is 22.3 Å². The number of fused-ring (bicyclic) bond motifs is 1. The maximum atomic E-state index is 11.2. The molecule has 0 unspecified atom stereocenters. The molecule has 0 aliphatic carbocycles. The molecule has 0 aliphatic heterocycles. The number of pyridine rings is 1. The molecular weight excluding hydrogens is 224 g/mol. The Kier molecular flexibility index (Phi) is 2.57. The van der Waals surface area contributed by atoms with Gasteiger partial charge in [-0.2, -0.15) is 0 Å². The van der Waals surface area contributed by atoms with E-state index in [1.165, 1.54) is 6.07 Å². The number of nitrogens with one attached hydrogen (secondary N) is 2. The van der Waals surface area contributed by atoms with E-state index in [0.29, 0.717) is 0 Å². The van der Waals surface area contributed by atoms with Crippen molar-refractivity contribution in [3.8, 4) is 0 Å². The highest BCUT2D eigenvalue weighted by Gasteiger charge is 1.97. The average molecular weight is 236 g/mol. The van der Waals surface area contributed by atoms with Crippen LogP contribution in [0.1, 0.15) is 0 Å². The van der Waals surface area contributed by atoms with Crippen LogP contribution in [0.15, 0.2) is 65.5 Å². The van der Waals surface area contributed by atoms with Crippen LogP contribution in [0.5, 0.6) is 0 Å². The topological polar surface area (TPSA) is 44.9 Å². The van der Waals surface area contributed by atoms with E-state index < -0.39 is 0 Å². The summed E-state index contributed by atoms with van der Waals surface area (Å²) in [5, 5.41) is 4.33. The van der Waals surface area contributed by atoms with Crippen LogP contribution in [0.3, 0.4) is 0 Å². The van der Waals surface area contributed by atoms with Crippen LogP contribution in [0.25, 0.3) is 10.9 Å². The van der Waals surface area contributed by atoms with Crippen molar-refractivity contribution in [3.63, 3.8) is 0 Å². The maximum absolute atomic E-state index is 11.2. The van der Waals surface area contributed by atoms with Crippen molar-refractivity contribution in [3.05, 3.63) is 71.0 Å². The number of rotatable bonds is 2. The largest absolute Gasteiger partial charge is 0.356 e. The molecule has 0 bridgehead atoms. The molecule has 3 rings (SSSR count). The first-order valence-corrected chi connectivity index (χ1v) is 5.76. The van der Waals surface area contributed by atoms with Gasteiger partial charge in [-0.1, -0.05) is 18.2 Å². The molecule has 1 heterocycles. The van der Waals surface area contributed by atoms with Gasteiger partial charge >= 0.3 is 0 Å². The number of H-pyrrole nitrogens is 1. The summed E-state index contributed by atoms with van der Waals surface area (Å²) >= 11 is 0. The minimum Gasteiger partial charge on any atom is -0.356 e. The van der Waals surface area contributed by atoms with Gasteiger partial charge in [-0.05, 0) is 36.4 Å². The van der Waals surface area contributed by atoms with E-state index in [4.69, 9.17) is 0 Å². The summed E-state index contributed by atoms with van der Waals surface area (Å²) in [5.74, 6) is 0. The van der Waals surface area contributed by atoms with Gasteiger partial charge in [0.2, 0.25) is 5.56 Å². The molecule has 3 heteroatoms. The fraction of sp³-hybridized carbons (Fsp3) is 0. The first kappa shape index (κ1) is 10.6. The predicted octanol–water partition coefficient (Wildman–Crippen LogP) is 3.27. The van der Waals surface area contributed by atoms with Crippen LogP contribution in [0.2, 0.25) is 0 Å². The smallest absolute Gasteiger partial charge is 0.248 e. The third kappa shape index (κ3) is 2.11. The molecule has 0 radical (unpaired) electrons. The lowest BCUT2D eigenvalue weighted by Gasteiger charge is -2.07. The van der Waals surface area contributed by atoms with E-state index in [1.807, 2.05) is 54.6 Å². The van der Waals surface area contributed by atoms with Gasteiger partial charge in [-0.25, -0.2) is 0 Å². The monoisotopic (exact) mass is 236 g/mol. The molecule has 0 saturated heterocycles. The number of hydrogen-bond donors (Lipinski definition) is 2. The SMILES string of the molecule is O=c1ccc2cc(Nc3ccccc3)ccc2[nH]1. The summed E-state index contributed by atoms with van der Waals surface area (Å²) in [7, 11) is 0. The summed E-state index contributed by atoms with van der Waals surface area (Å²) in [6.45, 7) is 0. The zero-order valence-electron chi connectivity index (χ0n) is 9.68. The maximum Gasteiger partial charge on any atom is 0.248 e. The molecule has 0 aliphatic rings. The molecule has 2 aromatic carbocycles. The zero-order valence-corrected chi connectivity index (χ0v) is 9.68. The minimum atomic E-state index is -0.0775. The van der Waals surface area contributed by atoms with Crippen LogP contribution in [-0.2, 0) is 0 Å². The van der Waals surface area contributed by atoms with Crippen LogP contribution in [-0.4, -0.2) is 4.98 Å². The van der Waals surface area contributed by atoms with E-state index in [2.05, 4.69) is 10.3 Å². The Bertz CT molecular complexity index is 732. The normalized spacial score (nSPS) is 10.4. The van der Waals surface area contributed by atoms with Crippen molar-refractivity contribution in [1.82, 2.24) is 4.98 Å². The average Bonchev–Trinajstić information content (AvgIpc) is 2.40. The molecule has 0 atom stereocenters. The van der Waals surface area contributed by atoms with Crippen molar-refractivity contribution < 1.29 is 0 Å². The van der Waals surface area contributed by atoms with Gasteiger partial charge in [0, 0.05) is 28.3 Å². The molecule has 3 nitrogen and oxygen atoms in total. The van der Waals surface area contributed by atoms with Crippen LogP contribution >= 0.6 is 0 Å². The third-order valence-electron chi connectivity index (χ3n) is 2.79. The fourth-order valence-corrected chi connectivity index (χ4v) is 1.92. The Morgan fingerprint density at radius 3 is 2.50 bits per heavy atom. The minimum absolute atomic E-state index is 0.0775. The molecule has 88 valence electrons. The van der Waals surface area contributed by atoms with E-state index >= 15 is 0 Å². The quantitative estimate of drug-likeness (QED) is 0.717. The fourth-order valence-electron chi connectivity index (χ4n) is 1.92. The molecule has 1 aromatic heterocycles. The lowest BCUT2D eigenvalue weighted by Crippen LogP contribution is -2.02. The van der Waals surface area contributed by atoms with Crippen molar-refractivity contribution in [1.29, 1.82) is 0 Å². The van der Waals surface area contributed by atoms with E-state index in [0.717, 1.165) is 22.3 Å². The number of aromatic amines is 1. The van der Waals surface area contributed by atoms with Gasteiger partial charge in [-0.3, -0.25) is 4.79 Å². The number of benzene rings is 2. The van der Waals surface area contributed by atoms with Gasteiger partial charge < -0.3 is 10.3 Å². The Hall–Kier alpha value is -2.55. The van der Waals surface area contributed by atoms with Crippen molar-refractivity contribution in [2.24, 2.45) is 0 Å². The second kappa shape index (κ2) is 4.37. The summed E-state index contributed by atoms with van der Waals surface area (Å²) in [6, 6.07) is 19.2. The van der Waals surface area contributed by atoms with Gasteiger partial charge in [0.1, 0.15) is 0 Å². The predicted molar refractivity (Wildman–Crippen MR) is 74.3 cm³/mol. The van der Waals surface area contributed by atoms with Crippen molar-refractivity contribution in [2.75, 3.05) is 5.32 Å². The second-order valence-electron chi connectivity index (χ2n) is 4.12. The van der Waals surface area contributed by atoms with Gasteiger partial charge in [-0.15, -0.1) is 0 Å². The number of para-hydroxylation sites is 1. The lowest BCUT2D eigenvalue weighted by molar-refractivity contribution is 1.31. The van der Waals surface area contributed by atoms with Crippen LogP contribution < -0.4 is 10.9 Å². The van der Waals surface area contributed by atoms with Crippen molar-refractivity contribution in [2.45, 2.75) is 0 Å². The lowest BCUT2D eigenvalue weighted by atomic mass is 10.2. The molecule has 2 N–H and O–H groups in total. The summed E-state index contributed by atoms with van der Waals surface area (Å²) < 4.78 is 0. The molecule has 18 heavy (non-hydrogen) atoms. The number of aromatic nitrogens is 1. The number of hydrogen-bond acceptors (Lipinski definition) is 2. The summed E-state index contributed by atoms with van der Waals surface area (Å²) in [5.41, 5.74) is 2.81. The molecule has 0 spiro atoms. The highest BCUT2D eigenvalue weighted by atomic mass is 16.1. The Morgan fingerprint density at radius 2 is 1.67 bits per heavy atom. The molecule has 0 fully saturated rings. The molecule has 0 amide bonds. The third-order valence-corrected chi connectivity index (χ3v) is 2.79. The first-order chi connectivity index (χ1) is 8.81. The number of anilines is 2. The first-order valence-electron chi connectivity index (χ1n) is 5.76. The van der Waals surface area contributed by atoms with Gasteiger partial charge in [0.05, 0.1) is 0 Å². The molecule has 3 aromatic rings. The van der Waals surface area contributed by atoms with Crippen LogP contribution in [0, 0.1) is 0 Å². The molecular formula is C15H12N2O. The second-order valence-corrected chi connectivity index (χ2v) is 4.12. The molecule has 0 saturated carbocycles. The highest BCUT2D eigenvalue weighted by Crippen LogP contribution is 2.20. The Labute approximate surface area is 104 Å². The Morgan fingerprint density at radius 1 is 0.833 bits per heavy atom. The highest BCUT2D eigenvalue weighted by molar-refractivity contribution is 5.83. The van der Waals surface area contributed by atoms with Gasteiger partial charge in [0.25, 0.3) is 0 Å². The zero-order chi connectivity index (χ0) is 12.4. The van der Waals surface area contributed by atoms with E-state index in [1.54, 1.807) is 0 Å².